The number of nitrogens with zero attached hydrogens (tertiary/aromatic N) is 2. The second-order valence-corrected chi connectivity index (χ2v) is 7.62. The van der Waals surface area contributed by atoms with E-state index in [0.717, 1.165) is 32.4 Å². The summed E-state index contributed by atoms with van der Waals surface area (Å²) in [5, 5.41) is 2.14. The predicted octanol–water partition coefficient (Wildman–Crippen LogP) is 1.97. The highest BCUT2D eigenvalue weighted by atomic mass is 32.1. The Hall–Kier alpha value is -0.950. The van der Waals surface area contributed by atoms with Gasteiger partial charge >= 0.3 is 0 Å². The van der Waals surface area contributed by atoms with Gasteiger partial charge < -0.3 is 14.4 Å². The highest BCUT2D eigenvalue weighted by molar-refractivity contribution is 7.09. The van der Waals surface area contributed by atoms with Gasteiger partial charge in [-0.05, 0) is 30.7 Å². The van der Waals surface area contributed by atoms with Crippen molar-refractivity contribution in [3.05, 3.63) is 22.4 Å². The molecule has 0 aromatic carbocycles. The maximum atomic E-state index is 11.5. The van der Waals surface area contributed by atoms with Gasteiger partial charge in [-0.25, -0.2) is 0 Å². The third kappa shape index (κ3) is 4.32. The lowest BCUT2D eigenvalue weighted by molar-refractivity contribution is -0.138. The van der Waals surface area contributed by atoms with Crippen LogP contribution in [0.25, 0.3) is 0 Å². The molecule has 2 saturated heterocycles. The molecule has 23 heavy (non-hydrogen) atoms. The number of likely N-dealkylation sites (N-methyl/N-ethyl adjacent to an activating group) is 1. The lowest BCUT2D eigenvalue weighted by atomic mass is 9.99. The van der Waals surface area contributed by atoms with Gasteiger partial charge in [0.15, 0.2) is 0 Å². The van der Waals surface area contributed by atoms with Crippen molar-refractivity contribution in [3.8, 4) is 0 Å². The minimum Gasteiger partial charge on any atom is -0.371 e. The van der Waals surface area contributed by atoms with Crippen molar-refractivity contribution in [2.24, 2.45) is 0 Å². The molecule has 1 amide bonds. The predicted molar refractivity (Wildman–Crippen MR) is 90.5 cm³/mol. The molecule has 0 aliphatic carbocycles. The highest BCUT2D eigenvalue weighted by Crippen LogP contribution is 2.33. The molecule has 0 bridgehead atoms. The smallest absolute Gasteiger partial charge is 0.248 e. The first-order chi connectivity index (χ1) is 11.1. The second-order valence-electron chi connectivity index (χ2n) is 6.58. The summed E-state index contributed by atoms with van der Waals surface area (Å²) in [6.45, 7) is 2.82. The van der Waals surface area contributed by atoms with Crippen LogP contribution in [0.5, 0.6) is 0 Å². The zero-order valence-corrected chi connectivity index (χ0v) is 14.8. The van der Waals surface area contributed by atoms with Crippen molar-refractivity contribution >= 4 is 17.2 Å². The van der Waals surface area contributed by atoms with Gasteiger partial charge in [-0.3, -0.25) is 9.69 Å². The van der Waals surface area contributed by atoms with Crippen LogP contribution >= 0.6 is 11.3 Å². The Kier molecular flexibility index (Phi) is 5.69. The molecule has 3 atom stereocenters. The minimum atomic E-state index is 0.00155. The first-order valence-electron chi connectivity index (χ1n) is 8.33. The monoisotopic (exact) mass is 338 g/mol. The average Bonchev–Trinajstić information content (AvgIpc) is 3.17. The van der Waals surface area contributed by atoms with Gasteiger partial charge in [0, 0.05) is 38.1 Å². The lowest BCUT2D eigenvalue weighted by Crippen LogP contribution is -2.43. The summed E-state index contributed by atoms with van der Waals surface area (Å²) in [4.78, 5) is 17.1. The lowest BCUT2D eigenvalue weighted by Gasteiger charge is -2.35. The average molecular weight is 338 g/mol. The van der Waals surface area contributed by atoms with Crippen molar-refractivity contribution in [3.63, 3.8) is 0 Å². The Labute approximate surface area is 142 Å². The van der Waals surface area contributed by atoms with Crippen LogP contribution in [0, 0.1) is 0 Å². The SMILES string of the molecule is CN(C)C(=O)COC[C@H]1CC[C@@H]2[C@@H](CCN2Cc2cccs2)O1. The molecule has 0 saturated carbocycles. The van der Waals surface area contributed by atoms with Crippen LogP contribution in [0.4, 0.5) is 0 Å². The number of ether oxygens (including phenoxy) is 2. The molecule has 3 rings (SSSR count). The summed E-state index contributed by atoms with van der Waals surface area (Å²) in [5.74, 6) is 0.00155. The van der Waals surface area contributed by atoms with E-state index in [1.54, 1.807) is 19.0 Å². The van der Waals surface area contributed by atoms with Gasteiger partial charge in [-0.15, -0.1) is 11.3 Å². The summed E-state index contributed by atoms with van der Waals surface area (Å²) in [5.41, 5.74) is 0. The molecule has 0 N–H and O–H groups in total. The Balaban J connectivity index is 1.42. The van der Waals surface area contributed by atoms with Crippen molar-refractivity contribution in [2.75, 3.05) is 33.9 Å². The van der Waals surface area contributed by atoms with Crippen LogP contribution in [0.2, 0.25) is 0 Å². The minimum absolute atomic E-state index is 0.00155. The molecule has 0 radical (unpaired) electrons. The highest BCUT2D eigenvalue weighted by Gasteiger charge is 2.39. The Morgan fingerprint density at radius 3 is 3.04 bits per heavy atom. The molecular weight excluding hydrogens is 312 g/mol. The molecule has 2 aliphatic heterocycles. The fourth-order valence-corrected chi connectivity index (χ4v) is 4.14. The van der Waals surface area contributed by atoms with Gasteiger partial charge in [0.2, 0.25) is 5.91 Å². The molecule has 3 heterocycles. The molecule has 1 aromatic heterocycles. The van der Waals surface area contributed by atoms with E-state index in [1.165, 1.54) is 4.88 Å². The van der Waals surface area contributed by atoms with Crippen LogP contribution in [0.1, 0.15) is 24.1 Å². The number of hydrogen-bond donors (Lipinski definition) is 0. The van der Waals surface area contributed by atoms with E-state index >= 15 is 0 Å². The quantitative estimate of drug-likeness (QED) is 0.795. The second kappa shape index (κ2) is 7.75. The van der Waals surface area contributed by atoms with Gasteiger partial charge in [0.05, 0.1) is 18.8 Å². The van der Waals surface area contributed by atoms with Crippen LogP contribution in [0.15, 0.2) is 17.5 Å². The largest absolute Gasteiger partial charge is 0.371 e. The maximum Gasteiger partial charge on any atom is 0.248 e. The molecule has 1 aromatic rings. The normalized spacial score (nSPS) is 27.8. The topological polar surface area (TPSA) is 42.0 Å². The van der Waals surface area contributed by atoms with Crippen LogP contribution in [0.3, 0.4) is 0 Å². The van der Waals surface area contributed by atoms with Crippen LogP contribution < -0.4 is 0 Å². The van der Waals surface area contributed by atoms with Gasteiger partial charge in [0.1, 0.15) is 6.61 Å². The zero-order valence-electron chi connectivity index (χ0n) is 13.9. The fraction of sp³-hybridized carbons (Fsp3) is 0.706. The number of fused-ring (bicyclic) bond motifs is 1. The first kappa shape index (κ1) is 16.9. The molecule has 2 aliphatic rings. The number of amides is 1. The van der Waals surface area contributed by atoms with E-state index in [-0.39, 0.29) is 18.6 Å². The molecule has 128 valence electrons. The summed E-state index contributed by atoms with van der Waals surface area (Å²) < 4.78 is 11.7. The summed E-state index contributed by atoms with van der Waals surface area (Å²) in [6, 6.07) is 4.87. The molecule has 2 fully saturated rings. The van der Waals surface area contributed by atoms with E-state index in [9.17, 15) is 4.79 Å². The summed E-state index contributed by atoms with van der Waals surface area (Å²) in [6.07, 6.45) is 3.72. The van der Waals surface area contributed by atoms with Gasteiger partial charge in [-0.2, -0.15) is 0 Å². The molecule has 5 nitrogen and oxygen atoms in total. The number of hydrogen-bond acceptors (Lipinski definition) is 5. The standard InChI is InChI=1S/C17H26N2O3S/c1-18(2)17(20)12-21-11-13-5-6-15-16(22-13)7-8-19(15)10-14-4-3-9-23-14/h3-4,9,13,15-16H,5-8,10-12H2,1-2H3/t13-,15-,16-/m1/s1. The Bertz CT molecular complexity index is 506. The van der Waals surface area contributed by atoms with Crippen LogP contribution in [-0.2, 0) is 20.8 Å². The number of likely N-dealkylation sites (tertiary alicyclic amines) is 1. The zero-order chi connectivity index (χ0) is 16.2. The summed E-state index contributed by atoms with van der Waals surface area (Å²) >= 11 is 1.83. The Morgan fingerprint density at radius 2 is 2.30 bits per heavy atom. The van der Waals surface area contributed by atoms with E-state index in [4.69, 9.17) is 9.47 Å². The fourth-order valence-electron chi connectivity index (χ4n) is 3.41. The Morgan fingerprint density at radius 1 is 1.43 bits per heavy atom. The summed E-state index contributed by atoms with van der Waals surface area (Å²) in [7, 11) is 3.49. The number of carbonyl (C=O) groups is 1. The first-order valence-corrected chi connectivity index (χ1v) is 9.21. The molecular formula is C17H26N2O3S. The van der Waals surface area contributed by atoms with Crippen molar-refractivity contribution in [2.45, 2.75) is 44.1 Å². The van der Waals surface area contributed by atoms with E-state index < -0.39 is 0 Å². The number of thiophene rings is 1. The molecule has 6 heteroatoms. The van der Waals surface area contributed by atoms with E-state index in [2.05, 4.69) is 22.4 Å². The van der Waals surface area contributed by atoms with Crippen molar-refractivity contribution in [1.29, 1.82) is 0 Å². The van der Waals surface area contributed by atoms with Crippen molar-refractivity contribution < 1.29 is 14.3 Å². The third-order valence-corrected chi connectivity index (χ3v) is 5.58. The van der Waals surface area contributed by atoms with E-state index in [0.29, 0.717) is 18.8 Å². The maximum absolute atomic E-state index is 11.5. The van der Waals surface area contributed by atoms with Crippen molar-refractivity contribution in [1.82, 2.24) is 9.80 Å². The molecule has 0 spiro atoms. The van der Waals surface area contributed by atoms with Crippen LogP contribution in [-0.4, -0.2) is 67.8 Å². The number of carbonyl (C=O) groups excluding carboxylic acids is 1. The third-order valence-electron chi connectivity index (χ3n) is 4.72. The van der Waals surface area contributed by atoms with E-state index in [1.807, 2.05) is 11.3 Å². The molecule has 0 unspecified atom stereocenters. The van der Waals surface area contributed by atoms with Gasteiger partial charge in [0.25, 0.3) is 0 Å². The number of rotatable bonds is 6. The van der Waals surface area contributed by atoms with Gasteiger partial charge in [-0.1, -0.05) is 6.07 Å².